The molecule has 47 heavy (non-hydrogen) atoms. The quantitative estimate of drug-likeness (QED) is 0.177. The van der Waals surface area contributed by atoms with Crippen LogP contribution in [-0.2, 0) is 0 Å². The summed E-state index contributed by atoms with van der Waals surface area (Å²) >= 11 is 0. The summed E-state index contributed by atoms with van der Waals surface area (Å²) in [7, 11) is 0. The second kappa shape index (κ2) is 12.2. The molecule has 0 saturated heterocycles. The lowest BCUT2D eigenvalue weighted by Gasteiger charge is -2.14. The van der Waals surface area contributed by atoms with Crippen LogP contribution in [0, 0.1) is 0 Å². The van der Waals surface area contributed by atoms with Crippen LogP contribution in [0.25, 0.3) is 72.1 Å². The van der Waals surface area contributed by atoms with Crippen LogP contribution in [0.4, 0.5) is 0 Å². The van der Waals surface area contributed by atoms with Gasteiger partial charge in [0.15, 0.2) is 5.82 Å². The molecule has 1 aliphatic carbocycles. The third kappa shape index (κ3) is 5.64. The Labute approximate surface area is 275 Å². The Kier molecular flexibility index (Phi) is 7.47. The zero-order chi connectivity index (χ0) is 31.7. The van der Waals surface area contributed by atoms with Crippen LogP contribution in [0.15, 0.2) is 140 Å². The Bertz CT molecular complexity index is 2320. The van der Waals surface area contributed by atoms with Crippen molar-refractivity contribution in [1.29, 1.82) is 0 Å². The Morgan fingerprint density at radius 1 is 0.574 bits per heavy atom. The lowest BCUT2D eigenvalue weighted by atomic mass is 9.94. The molecule has 3 heterocycles. The number of hydrogen-bond acceptors (Lipinski definition) is 4. The first-order chi connectivity index (χ1) is 23.1. The number of nitrogens with zero attached hydrogens (tertiary/aromatic N) is 4. The van der Waals surface area contributed by atoms with Crippen molar-refractivity contribution in [2.24, 2.45) is 0 Å². The lowest BCUT2D eigenvalue weighted by Crippen LogP contribution is -1.99. The second-order valence-corrected chi connectivity index (χ2v) is 12.4. The van der Waals surface area contributed by atoms with Crippen molar-refractivity contribution in [1.82, 2.24) is 19.9 Å². The van der Waals surface area contributed by atoms with E-state index in [2.05, 4.69) is 135 Å². The molecule has 3 aromatic heterocycles. The number of fused-ring (bicyclic) bond motifs is 3. The van der Waals surface area contributed by atoms with Crippen molar-refractivity contribution < 1.29 is 0 Å². The minimum Gasteiger partial charge on any atom is -0.254 e. The van der Waals surface area contributed by atoms with Crippen LogP contribution in [0.5, 0.6) is 0 Å². The van der Waals surface area contributed by atoms with Gasteiger partial charge in [0.1, 0.15) is 0 Å². The van der Waals surface area contributed by atoms with Crippen LogP contribution < -0.4 is 0 Å². The van der Waals surface area contributed by atoms with Gasteiger partial charge in [0.25, 0.3) is 0 Å². The molecule has 1 aliphatic rings. The van der Waals surface area contributed by atoms with Gasteiger partial charge < -0.3 is 0 Å². The van der Waals surface area contributed by atoms with E-state index < -0.39 is 0 Å². The van der Waals surface area contributed by atoms with E-state index in [0.717, 1.165) is 90.9 Å². The van der Waals surface area contributed by atoms with Gasteiger partial charge in [-0.15, -0.1) is 0 Å². The SMILES string of the molecule is CC(C)c1cc(-c2ccc(-c3cccc(-c4cc(-c5ccccc5)nc(C5=CCCC=C5)n4)c3)cc2)c2ccc3cccnc3c2n1. The first kappa shape index (κ1) is 28.7. The molecule has 226 valence electrons. The average molecular weight is 607 g/mol. The molecule has 0 saturated carbocycles. The Morgan fingerprint density at radius 3 is 2.13 bits per heavy atom. The van der Waals surface area contributed by atoms with Gasteiger partial charge >= 0.3 is 0 Å². The molecule has 4 nitrogen and oxygen atoms in total. The normalized spacial score (nSPS) is 13.0. The van der Waals surface area contributed by atoms with Crippen molar-refractivity contribution in [3.05, 3.63) is 151 Å². The highest BCUT2D eigenvalue weighted by Crippen LogP contribution is 2.36. The van der Waals surface area contributed by atoms with Gasteiger partial charge in [-0.25, -0.2) is 9.97 Å². The van der Waals surface area contributed by atoms with E-state index in [1.165, 1.54) is 5.56 Å². The Hall–Kier alpha value is -5.74. The molecule has 0 amide bonds. The lowest BCUT2D eigenvalue weighted by molar-refractivity contribution is 0.831. The molecular weight excluding hydrogens is 573 g/mol. The number of pyridine rings is 2. The van der Waals surface area contributed by atoms with Gasteiger partial charge in [-0.1, -0.05) is 123 Å². The molecule has 0 unspecified atom stereocenters. The van der Waals surface area contributed by atoms with Gasteiger partial charge in [-0.2, -0.15) is 0 Å². The summed E-state index contributed by atoms with van der Waals surface area (Å²) in [6.45, 7) is 4.39. The van der Waals surface area contributed by atoms with E-state index >= 15 is 0 Å². The Balaban J connectivity index is 1.19. The highest BCUT2D eigenvalue weighted by molar-refractivity contribution is 6.08. The van der Waals surface area contributed by atoms with Crippen LogP contribution in [-0.4, -0.2) is 19.9 Å². The molecule has 4 aromatic carbocycles. The van der Waals surface area contributed by atoms with Crippen LogP contribution in [0.1, 0.15) is 44.1 Å². The average Bonchev–Trinajstić information content (AvgIpc) is 3.15. The predicted octanol–water partition coefficient (Wildman–Crippen LogP) is 11.1. The molecule has 0 N–H and O–H groups in total. The number of benzene rings is 4. The van der Waals surface area contributed by atoms with E-state index in [4.69, 9.17) is 19.9 Å². The van der Waals surface area contributed by atoms with Gasteiger partial charge in [0, 0.05) is 39.4 Å². The predicted molar refractivity (Wildman–Crippen MR) is 195 cm³/mol. The maximum absolute atomic E-state index is 5.07. The van der Waals surface area contributed by atoms with Gasteiger partial charge in [-0.05, 0) is 65.3 Å². The fourth-order valence-corrected chi connectivity index (χ4v) is 6.34. The smallest absolute Gasteiger partial charge is 0.160 e. The second-order valence-electron chi connectivity index (χ2n) is 12.4. The third-order valence-corrected chi connectivity index (χ3v) is 8.90. The van der Waals surface area contributed by atoms with Crippen LogP contribution in [0.2, 0.25) is 0 Å². The molecule has 4 heteroatoms. The first-order valence-electron chi connectivity index (χ1n) is 16.3. The molecular formula is C43H34N4. The summed E-state index contributed by atoms with van der Waals surface area (Å²) in [5, 5.41) is 2.22. The molecule has 8 rings (SSSR count). The molecule has 0 radical (unpaired) electrons. The zero-order valence-electron chi connectivity index (χ0n) is 26.6. The minimum atomic E-state index is 0.300. The maximum atomic E-state index is 5.07. The summed E-state index contributed by atoms with van der Waals surface area (Å²) < 4.78 is 0. The molecule has 7 aromatic rings. The fraction of sp³-hybridized carbons (Fsp3) is 0.116. The van der Waals surface area contributed by atoms with Gasteiger partial charge in [-0.3, -0.25) is 9.97 Å². The maximum Gasteiger partial charge on any atom is 0.160 e. The summed E-state index contributed by atoms with van der Waals surface area (Å²) in [4.78, 5) is 19.8. The topological polar surface area (TPSA) is 51.6 Å². The summed E-state index contributed by atoms with van der Waals surface area (Å²) in [6.07, 6.45) is 10.5. The monoisotopic (exact) mass is 606 g/mol. The molecule has 0 spiro atoms. The van der Waals surface area contributed by atoms with Crippen molar-refractivity contribution in [2.75, 3.05) is 0 Å². The van der Waals surface area contributed by atoms with Gasteiger partial charge in [0.2, 0.25) is 0 Å². The number of rotatable bonds is 6. The fourth-order valence-electron chi connectivity index (χ4n) is 6.34. The third-order valence-electron chi connectivity index (χ3n) is 8.90. The van der Waals surface area contributed by atoms with Gasteiger partial charge in [0.05, 0.1) is 22.4 Å². The number of allylic oxidation sites excluding steroid dienone is 4. The summed E-state index contributed by atoms with van der Waals surface area (Å²) in [5.74, 6) is 1.06. The Morgan fingerprint density at radius 2 is 1.34 bits per heavy atom. The number of hydrogen-bond donors (Lipinski definition) is 0. The van der Waals surface area contributed by atoms with E-state index in [0.29, 0.717) is 5.92 Å². The highest BCUT2D eigenvalue weighted by Gasteiger charge is 2.15. The van der Waals surface area contributed by atoms with E-state index in [1.807, 2.05) is 18.3 Å². The molecule has 0 bridgehead atoms. The summed E-state index contributed by atoms with van der Waals surface area (Å²) in [6, 6.07) is 40.6. The first-order valence-corrected chi connectivity index (χ1v) is 16.3. The highest BCUT2D eigenvalue weighted by atomic mass is 14.9. The van der Waals surface area contributed by atoms with E-state index in [9.17, 15) is 0 Å². The van der Waals surface area contributed by atoms with E-state index in [1.54, 1.807) is 0 Å². The van der Waals surface area contributed by atoms with Crippen LogP contribution in [0.3, 0.4) is 0 Å². The van der Waals surface area contributed by atoms with E-state index in [-0.39, 0.29) is 0 Å². The van der Waals surface area contributed by atoms with Crippen molar-refractivity contribution in [3.63, 3.8) is 0 Å². The van der Waals surface area contributed by atoms with Crippen molar-refractivity contribution in [3.8, 4) is 44.8 Å². The summed E-state index contributed by atoms with van der Waals surface area (Å²) in [5.41, 5.74) is 12.7. The van der Waals surface area contributed by atoms with Crippen molar-refractivity contribution in [2.45, 2.75) is 32.6 Å². The number of aromatic nitrogens is 4. The molecule has 0 aliphatic heterocycles. The largest absolute Gasteiger partial charge is 0.254 e. The van der Waals surface area contributed by atoms with Crippen molar-refractivity contribution >= 4 is 27.4 Å². The molecule has 0 atom stereocenters. The minimum absolute atomic E-state index is 0.300. The standard InChI is InChI=1S/C43H34N4/c1-28(2)38-26-37(36-23-22-32-17-10-24-44-41(32)42(36)45-38)30-20-18-29(19-21-30)34-15-9-16-35(25-34)40-27-39(31-11-5-3-6-12-31)46-43(47-40)33-13-7-4-8-14-33/h3,5-7,9-28H,4,8H2,1-2H3. The zero-order valence-corrected chi connectivity index (χ0v) is 26.6. The van der Waals surface area contributed by atoms with Crippen LogP contribution >= 0.6 is 0 Å². The molecule has 0 fully saturated rings.